The molecule has 1 saturated heterocycles. The van der Waals surface area contributed by atoms with Gasteiger partial charge in [-0.15, -0.1) is 0 Å². The van der Waals surface area contributed by atoms with Gasteiger partial charge in [-0.3, -0.25) is 4.79 Å². The summed E-state index contributed by atoms with van der Waals surface area (Å²) in [5.41, 5.74) is 0.382. The first kappa shape index (κ1) is 14.5. The Hall–Kier alpha value is -1.44. The molecule has 1 saturated carbocycles. The molecule has 4 N–H and O–H groups in total. The maximum atomic E-state index is 12.4. The van der Waals surface area contributed by atoms with Gasteiger partial charge < -0.3 is 10.6 Å². The molecule has 0 radical (unpaired) electrons. The number of primary sulfonamides is 1. The van der Waals surface area contributed by atoms with Crippen molar-refractivity contribution >= 4 is 21.6 Å². The van der Waals surface area contributed by atoms with Crippen molar-refractivity contribution in [3.8, 4) is 0 Å². The molecule has 1 heterocycles. The Morgan fingerprint density at radius 2 is 1.95 bits per heavy atom. The first-order valence-electron chi connectivity index (χ1n) is 7.06. The third kappa shape index (κ3) is 2.81. The molecule has 3 rings (SSSR count). The van der Waals surface area contributed by atoms with Gasteiger partial charge in [0.1, 0.15) is 4.90 Å². The summed E-state index contributed by atoms with van der Waals surface area (Å²) in [5.74, 6) is -0.124. The highest BCUT2D eigenvalue weighted by molar-refractivity contribution is 7.89. The van der Waals surface area contributed by atoms with Gasteiger partial charge in [0, 0.05) is 5.92 Å². The van der Waals surface area contributed by atoms with Crippen LogP contribution < -0.4 is 15.8 Å². The SMILES string of the molecule is NS(=O)(=O)c1ccccc1NC(=O)C1CC12CCNCC2. The van der Waals surface area contributed by atoms with Crippen LogP contribution in [-0.2, 0) is 14.8 Å². The van der Waals surface area contributed by atoms with Gasteiger partial charge in [0.15, 0.2) is 0 Å². The van der Waals surface area contributed by atoms with Crippen molar-refractivity contribution in [2.75, 3.05) is 18.4 Å². The summed E-state index contributed by atoms with van der Waals surface area (Å²) in [6, 6.07) is 6.23. The van der Waals surface area contributed by atoms with Crippen LogP contribution in [0.15, 0.2) is 29.2 Å². The molecule has 1 aliphatic carbocycles. The lowest BCUT2D eigenvalue weighted by molar-refractivity contribution is -0.118. The molecule has 7 heteroatoms. The van der Waals surface area contributed by atoms with E-state index in [2.05, 4.69) is 10.6 Å². The highest BCUT2D eigenvalue weighted by atomic mass is 32.2. The normalized spacial score (nSPS) is 23.8. The number of rotatable bonds is 3. The number of amides is 1. The minimum absolute atomic E-state index is 0.0202. The van der Waals surface area contributed by atoms with Gasteiger partial charge in [-0.2, -0.15) is 0 Å². The van der Waals surface area contributed by atoms with E-state index in [1.54, 1.807) is 18.2 Å². The van der Waals surface area contributed by atoms with E-state index in [0.717, 1.165) is 32.4 Å². The number of sulfonamides is 1. The van der Waals surface area contributed by atoms with Crippen molar-refractivity contribution in [3.63, 3.8) is 0 Å². The van der Waals surface area contributed by atoms with Crippen molar-refractivity contribution < 1.29 is 13.2 Å². The zero-order valence-corrected chi connectivity index (χ0v) is 12.4. The molecule has 6 nitrogen and oxygen atoms in total. The number of benzene rings is 1. The van der Waals surface area contributed by atoms with E-state index in [1.165, 1.54) is 6.07 Å². The Labute approximate surface area is 124 Å². The first-order chi connectivity index (χ1) is 9.92. The van der Waals surface area contributed by atoms with Crippen LogP contribution in [0.5, 0.6) is 0 Å². The Balaban J connectivity index is 1.75. The van der Waals surface area contributed by atoms with E-state index >= 15 is 0 Å². The van der Waals surface area contributed by atoms with Crippen molar-refractivity contribution in [2.24, 2.45) is 16.5 Å². The lowest BCUT2D eigenvalue weighted by Gasteiger charge is -2.23. The maximum Gasteiger partial charge on any atom is 0.240 e. The largest absolute Gasteiger partial charge is 0.325 e. The Bertz CT molecular complexity index is 666. The zero-order chi connectivity index (χ0) is 15.1. The van der Waals surface area contributed by atoms with E-state index in [9.17, 15) is 13.2 Å². The summed E-state index contributed by atoms with van der Waals surface area (Å²) >= 11 is 0. The topological polar surface area (TPSA) is 101 Å². The van der Waals surface area contributed by atoms with Crippen LogP contribution in [-0.4, -0.2) is 27.4 Å². The Morgan fingerprint density at radius 1 is 1.29 bits per heavy atom. The molecule has 2 fully saturated rings. The van der Waals surface area contributed by atoms with Crippen molar-refractivity contribution in [1.82, 2.24) is 5.32 Å². The number of carbonyl (C=O) groups is 1. The predicted molar refractivity (Wildman–Crippen MR) is 79.1 cm³/mol. The van der Waals surface area contributed by atoms with Crippen LogP contribution >= 0.6 is 0 Å². The monoisotopic (exact) mass is 309 g/mol. The smallest absolute Gasteiger partial charge is 0.240 e. The van der Waals surface area contributed by atoms with Crippen LogP contribution in [0.4, 0.5) is 5.69 Å². The van der Waals surface area contributed by atoms with E-state index < -0.39 is 10.0 Å². The van der Waals surface area contributed by atoms with Gasteiger partial charge >= 0.3 is 0 Å². The van der Waals surface area contributed by atoms with Crippen molar-refractivity contribution in [1.29, 1.82) is 0 Å². The van der Waals surface area contributed by atoms with Crippen LogP contribution in [0.1, 0.15) is 19.3 Å². The van der Waals surface area contributed by atoms with Gasteiger partial charge in [0.2, 0.25) is 15.9 Å². The summed E-state index contributed by atoms with van der Waals surface area (Å²) in [5, 5.41) is 11.2. The van der Waals surface area contributed by atoms with Crippen LogP contribution in [0, 0.1) is 11.3 Å². The molecule has 1 aromatic rings. The lowest BCUT2D eigenvalue weighted by atomic mass is 9.92. The molecule has 1 amide bonds. The van der Waals surface area contributed by atoms with E-state index in [4.69, 9.17) is 5.14 Å². The summed E-state index contributed by atoms with van der Waals surface area (Å²) in [6.07, 6.45) is 2.89. The highest BCUT2D eigenvalue weighted by Crippen LogP contribution is 2.58. The van der Waals surface area contributed by atoms with Crippen LogP contribution in [0.2, 0.25) is 0 Å². The second-order valence-corrected chi connectivity index (χ2v) is 7.43. The number of nitrogens with one attached hydrogen (secondary N) is 2. The molecule has 0 bridgehead atoms. The summed E-state index contributed by atoms with van der Waals surface area (Å²) < 4.78 is 23.1. The maximum absolute atomic E-state index is 12.4. The van der Waals surface area contributed by atoms with Crippen LogP contribution in [0.3, 0.4) is 0 Å². The molecule has 2 aliphatic rings. The number of nitrogens with two attached hydrogens (primary N) is 1. The molecular weight excluding hydrogens is 290 g/mol. The molecule has 1 aliphatic heterocycles. The second-order valence-electron chi connectivity index (χ2n) is 5.90. The fraction of sp³-hybridized carbons (Fsp3) is 0.500. The average Bonchev–Trinajstić information content (AvgIpc) is 3.12. The number of para-hydroxylation sites is 1. The van der Waals surface area contributed by atoms with Gasteiger partial charge in [-0.25, -0.2) is 13.6 Å². The third-order valence-electron chi connectivity index (χ3n) is 4.56. The van der Waals surface area contributed by atoms with Crippen LogP contribution in [0.25, 0.3) is 0 Å². The van der Waals surface area contributed by atoms with Crippen molar-refractivity contribution in [3.05, 3.63) is 24.3 Å². The third-order valence-corrected chi connectivity index (χ3v) is 5.53. The summed E-state index contributed by atoms with van der Waals surface area (Å²) in [4.78, 5) is 12.3. The Kier molecular flexibility index (Phi) is 3.51. The fourth-order valence-electron chi connectivity index (χ4n) is 3.23. The second kappa shape index (κ2) is 5.08. The van der Waals surface area contributed by atoms with Gasteiger partial charge in [-0.1, -0.05) is 12.1 Å². The van der Waals surface area contributed by atoms with E-state index in [0.29, 0.717) is 0 Å². The molecule has 1 aromatic carbocycles. The summed E-state index contributed by atoms with van der Waals surface area (Å²) in [7, 11) is -3.84. The van der Waals surface area contributed by atoms with Crippen molar-refractivity contribution in [2.45, 2.75) is 24.2 Å². The first-order valence-corrected chi connectivity index (χ1v) is 8.60. The van der Waals surface area contributed by atoms with Gasteiger partial charge in [0.05, 0.1) is 5.69 Å². The standard InChI is InChI=1S/C14H19N3O3S/c15-21(19,20)12-4-2-1-3-11(12)17-13(18)10-9-14(10)5-7-16-8-6-14/h1-4,10,16H,5-9H2,(H,17,18)(H2,15,19,20). The number of carbonyl (C=O) groups excluding carboxylic acids is 1. The quantitative estimate of drug-likeness (QED) is 0.763. The number of hydrogen-bond acceptors (Lipinski definition) is 4. The van der Waals surface area contributed by atoms with E-state index in [1.807, 2.05) is 0 Å². The summed E-state index contributed by atoms with van der Waals surface area (Å²) in [6.45, 7) is 1.88. The molecule has 1 unspecified atom stereocenters. The fourth-order valence-corrected chi connectivity index (χ4v) is 3.93. The minimum atomic E-state index is -3.84. The highest BCUT2D eigenvalue weighted by Gasteiger charge is 2.57. The minimum Gasteiger partial charge on any atom is -0.325 e. The average molecular weight is 309 g/mol. The molecular formula is C14H19N3O3S. The lowest BCUT2D eigenvalue weighted by Crippen LogP contribution is -2.31. The number of hydrogen-bond donors (Lipinski definition) is 3. The van der Waals surface area contributed by atoms with Gasteiger partial charge in [-0.05, 0) is 49.9 Å². The molecule has 21 heavy (non-hydrogen) atoms. The predicted octanol–water partition coefficient (Wildman–Crippen LogP) is 0.662. The zero-order valence-electron chi connectivity index (χ0n) is 11.6. The number of anilines is 1. The molecule has 114 valence electrons. The molecule has 1 atom stereocenters. The number of piperidine rings is 1. The van der Waals surface area contributed by atoms with E-state index in [-0.39, 0.29) is 27.8 Å². The van der Waals surface area contributed by atoms with Gasteiger partial charge in [0.25, 0.3) is 0 Å². The Morgan fingerprint density at radius 3 is 2.62 bits per heavy atom. The molecule has 0 aromatic heterocycles. The molecule has 1 spiro atoms.